The number of carbonyl (C=O) groups excluding carboxylic acids is 3. The molecule has 0 bridgehead atoms. The zero-order valence-corrected chi connectivity index (χ0v) is 22.8. The van der Waals surface area contributed by atoms with Crippen molar-refractivity contribution in [2.24, 2.45) is 11.8 Å². The number of allylic oxidation sites excluding steroid dienone is 2. The summed E-state index contributed by atoms with van der Waals surface area (Å²) in [7, 11) is 1.53. The van der Waals surface area contributed by atoms with Crippen molar-refractivity contribution in [1.29, 1.82) is 0 Å². The van der Waals surface area contributed by atoms with E-state index in [1.54, 1.807) is 6.92 Å². The quantitative estimate of drug-likeness (QED) is 0.334. The molecule has 0 aliphatic carbocycles. The average molecular weight is 537 g/mol. The Kier molecular flexibility index (Phi) is 12.2. The lowest BCUT2D eigenvalue weighted by Gasteiger charge is -2.30. The lowest BCUT2D eigenvalue weighted by Crippen LogP contribution is -2.47. The highest BCUT2D eigenvalue weighted by Crippen LogP contribution is 2.27. The fourth-order valence-corrected chi connectivity index (χ4v) is 4.70. The maximum absolute atomic E-state index is 13.6. The first-order valence-electron chi connectivity index (χ1n) is 13.5. The van der Waals surface area contributed by atoms with E-state index in [0.717, 1.165) is 11.1 Å². The fraction of sp³-hybridized carbons (Fsp3) is 0.452. The lowest BCUT2D eigenvalue weighted by atomic mass is 9.94. The molecule has 0 fully saturated rings. The van der Waals surface area contributed by atoms with E-state index < -0.39 is 24.1 Å². The van der Waals surface area contributed by atoms with Crippen molar-refractivity contribution >= 4 is 17.8 Å². The Hall–Kier alpha value is -3.49. The van der Waals surface area contributed by atoms with Crippen molar-refractivity contribution in [3.8, 4) is 0 Å². The summed E-state index contributed by atoms with van der Waals surface area (Å²) in [6.45, 7) is 1.62. The standard InChI is InChI=1S/C31H40N2O6/c1-22(20-34)32-28(35)19-25-16-10-5-11-17-26(18-23-12-6-3-7-13-23)31(37)39-29(24-14-8-4-9-15-24)27(21-38-2)33-30(25)36/h3-10,12-15,22,25-27,29,34H,11,16-21H2,1-2H3,(H,32,35)(H,33,36)/t22-,25-,26-,27+,29+/m1/s1. The van der Waals surface area contributed by atoms with Crippen molar-refractivity contribution in [2.75, 3.05) is 20.3 Å². The van der Waals surface area contributed by atoms with Crippen molar-refractivity contribution in [3.63, 3.8) is 0 Å². The second kappa shape index (κ2) is 15.8. The first kappa shape index (κ1) is 30.1. The third-order valence-electron chi connectivity index (χ3n) is 6.82. The smallest absolute Gasteiger partial charge is 0.309 e. The summed E-state index contributed by atoms with van der Waals surface area (Å²) >= 11 is 0. The molecule has 0 spiro atoms. The van der Waals surface area contributed by atoms with Crippen LogP contribution in [0.3, 0.4) is 0 Å². The predicted octanol–water partition coefficient (Wildman–Crippen LogP) is 3.50. The number of aliphatic hydroxyl groups is 1. The van der Waals surface area contributed by atoms with Crippen molar-refractivity contribution < 1.29 is 29.0 Å². The summed E-state index contributed by atoms with van der Waals surface area (Å²) in [5, 5.41) is 15.0. The molecule has 2 aromatic rings. The molecule has 0 saturated carbocycles. The number of ether oxygens (including phenoxy) is 2. The number of nitrogens with one attached hydrogen (secondary N) is 2. The van der Waals surface area contributed by atoms with Crippen LogP contribution in [0.2, 0.25) is 0 Å². The predicted molar refractivity (Wildman–Crippen MR) is 149 cm³/mol. The lowest BCUT2D eigenvalue weighted by molar-refractivity contribution is -0.158. The van der Waals surface area contributed by atoms with Gasteiger partial charge in [0.1, 0.15) is 6.10 Å². The van der Waals surface area contributed by atoms with Gasteiger partial charge >= 0.3 is 5.97 Å². The topological polar surface area (TPSA) is 114 Å². The Labute approximate surface area is 230 Å². The van der Waals surface area contributed by atoms with E-state index in [1.807, 2.05) is 72.8 Å². The molecule has 1 aliphatic heterocycles. The highest BCUT2D eigenvalue weighted by Gasteiger charge is 2.33. The SMILES string of the molecule is COC[C@@H]1NC(=O)[C@@H](CC(=O)N[C@H](C)CO)CC=CCC[C@H](Cc2ccccc2)C(=O)O[C@H]1c1ccccc1. The zero-order chi connectivity index (χ0) is 28.0. The van der Waals surface area contributed by atoms with Gasteiger partial charge in [0.05, 0.1) is 31.1 Å². The fourth-order valence-electron chi connectivity index (χ4n) is 4.70. The van der Waals surface area contributed by atoms with Gasteiger partial charge in [-0.3, -0.25) is 14.4 Å². The van der Waals surface area contributed by atoms with Crippen molar-refractivity contribution in [3.05, 3.63) is 83.9 Å². The van der Waals surface area contributed by atoms with Crippen LogP contribution >= 0.6 is 0 Å². The molecule has 0 aromatic heterocycles. The molecule has 2 amide bonds. The number of hydrogen-bond donors (Lipinski definition) is 3. The van der Waals surface area contributed by atoms with E-state index >= 15 is 0 Å². The summed E-state index contributed by atoms with van der Waals surface area (Å²) < 4.78 is 11.6. The molecule has 3 N–H and O–H groups in total. The van der Waals surface area contributed by atoms with E-state index in [4.69, 9.17) is 9.47 Å². The Morgan fingerprint density at radius 1 is 1.08 bits per heavy atom. The number of rotatable bonds is 9. The van der Waals surface area contributed by atoms with Crippen LogP contribution in [0.1, 0.15) is 49.8 Å². The van der Waals surface area contributed by atoms with Gasteiger partial charge in [0.2, 0.25) is 11.8 Å². The minimum atomic E-state index is -0.779. The van der Waals surface area contributed by atoms with E-state index in [0.29, 0.717) is 25.7 Å². The Balaban J connectivity index is 1.92. The van der Waals surface area contributed by atoms with Gasteiger partial charge < -0.3 is 25.2 Å². The summed E-state index contributed by atoms with van der Waals surface area (Å²) in [5.74, 6) is -1.98. The van der Waals surface area contributed by atoms with Crippen LogP contribution in [-0.2, 0) is 30.3 Å². The van der Waals surface area contributed by atoms with E-state index in [9.17, 15) is 19.5 Å². The second-order valence-corrected chi connectivity index (χ2v) is 10.1. The molecule has 0 unspecified atom stereocenters. The average Bonchev–Trinajstić information content (AvgIpc) is 2.95. The Morgan fingerprint density at radius 2 is 1.77 bits per heavy atom. The first-order chi connectivity index (χ1) is 18.9. The molecule has 3 rings (SSSR count). The normalized spacial score (nSPS) is 23.4. The molecule has 1 heterocycles. The number of aliphatic hydroxyl groups excluding tert-OH is 1. The van der Waals surface area contributed by atoms with Gasteiger partial charge in [0.15, 0.2) is 0 Å². The molecule has 5 atom stereocenters. The molecular weight excluding hydrogens is 496 g/mol. The third kappa shape index (κ3) is 9.64. The second-order valence-electron chi connectivity index (χ2n) is 10.1. The number of carbonyl (C=O) groups is 3. The third-order valence-corrected chi connectivity index (χ3v) is 6.82. The van der Waals surface area contributed by atoms with Gasteiger partial charge in [-0.05, 0) is 43.7 Å². The molecule has 8 nitrogen and oxygen atoms in total. The van der Waals surface area contributed by atoms with Crippen LogP contribution in [0.4, 0.5) is 0 Å². The highest BCUT2D eigenvalue weighted by molar-refractivity contribution is 5.86. The van der Waals surface area contributed by atoms with Gasteiger partial charge in [0.25, 0.3) is 0 Å². The molecule has 0 radical (unpaired) electrons. The van der Waals surface area contributed by atoms with Crippen LogP contribution in [0, 0.1) is 11.8 Å². The number of methoxy groups -OCH3 is 1. The minimum Gasteiger partial charge on any atom is -0.455 e. The molecule has 2 aromatic carbocycles. The molecule has 39 heavy (non-hydrogen) atoms. The summed E-state index contributed by atoms with van der Waals surface area (Å²) in [5.41, 5.74) is 1.79. The van der Waals surface area contributed by atoms with E-state index in [-0.39, 0.29) is 43.3 Å². The molecule has 1 aliphatic rings. The Morgan fingerprint density at radius 3 is 2.44 bits per heavy atom. The molecule has 8 heteroatoms. The van der Waals surface area contributed by atoms with E-state index in [1.165, 1.54) is 7.11 Å². The zero-order valence-electron chi connectivity index (χ0n) is 22.8. The number of cyclic esters (lactones) is 1. The van der Waals surface area contributed by atoms with Crippen molar-refractivity contribution in [2.45, 2.75) is 57.2 Å². The minimum absolute atomic E-state index is 0.0351. The largest absolute Gasteiger partial charge is 0.455 e. The number of amides is 2. The van der Waals surface area contributed by atoms with Crippen LogP contribution in [-0.4, -0.2) is 55.3 Å². The van der Waals surface area contributed by atoms with Gasteiger partial charge in [-0.2, -0.15) is 0 Å². The van der Waals surface area contributed by atoms with E-state index in [2.05, 4.69) is 10.6 Å². The van der Waals surface area contributed by atoms with Crippen LogP contribution in [0.5, 0.6) is 0 Å². The van der Waals surface area contributed by atoms with Gasteiger partial charge in [0, 0.05) is 19.6 Å². The summed E-state index contributed by atoms with van der Waals surface area (Å²) in [6, 6.07) is 18.1. The Bertz CT molecular complexity index is 1080. The highest BCUT2D eigenvalue weighted by atomic mass is 16.5. The van der Waals surface area contributed by atoms with Gasteiger partial charge in [-0.25, -0.2) is 0 Å². The monoisotopic (exact) mass is 536 g/mol. The van der Waals surface area contributed by atoms with Gasteiger partial charge in [-0.1, -0.05) is 72.8 Å². The van der Waals surface area contributed by atoms with Crippen LogP contribution in [0.25, 0.3) is 0 Å². The molecule has 0 saturated heterocycles. The summed E-state index contributed by atoms with van der Waals surface area (Å²) in [4.78, 5) is 39.7. The maximum Gasteiger partial charge on any atom is 0.309 e. The van der Waals surface area contributed by atoms with Crippen LogP contribution in [0.15, 0.2) is 72.8 Å². The molecule has 210 valence electrons. The molecular formula is C31H40N2O6. The van der Waals surface area contributed by atoms with Gasteiger partial charge in [-0.15, -0.1) is 0 Å². The summed E-state index contributed by atoms with van der Waals surface area (Å²) in [6.07, 6.45) is 5.16. The van der Waals surface area contributed by atoms with Crippen molar-refractivity contribution in [1.82, 2.24) is 10.6 Å². The van der Waals surface area contributed by atoms with Crippen LogP contribution < -0.4 is 10.6 Å². The number of esters is 1. The number of benzene rings is 2. The first-order valence-corrected chi connectivity index (χ1v) is 13.5. The number of hydrogen-bond acceptors (Lipinski definition) is 6. The maximum atomic E-state index is 13.6.